The van der Waals surface area contributed by atoms with Crippen molar-refractivity contribution in [3.8, 4) is 0 Å². The molecule has 6 nitrogen and oxygen atoms in total. The van der Waals surface area contributed by atoms with Gasteiger partial charge < -0.3 is 19.4 Å². The number of amides is 1. The van der Waals surface area contributed by atoms with Crippen LogP contribution in [0.25, 0.3) is 0 Å². The van der Waals surface area contributed by atoms with Gasteiger partial charge in [-0.2, -0.15) is 0 Å². The summed E-state index contributed by atoms with van der Waals surface area (Å²) in [4.78, 5) is 26.4. The molecule has 24 heavy (non-hydrogen) atoms. The average Bonchev–Trinajstić information content (AvgIpc) is 3.25. The van der Waals surface area contributed by atoms with Gasteiger partial charge in [-0.3, -0.25) is 4.79 Å². The normalized spacial score (nSPS) is 13.8. The summed E-state index contributed by atoms with van der Waals surface area (Å²) in [7, 11) is 1.33. The molecule has 126 valence electrons. The van der Waals surface area contributed by atoms with Crippen LogP contribution in [0, 0.1) is 6.92 Å². The predicted molar refractivity (Wildman–Crippen MR) is 90.6 cm³/mol. The molecule has 0 unspecified atom stereocenters. The maximum absolute atomic E-state index is 12.4. The molecule has 6 heteroatoms. The zero-order valence-electron chi connectivity index (χ0n) is 13.8. The number of hydrogen-bond donors (Lipinski definition) is 1. The molecule has 2 heterocycles. The number of aryl methyl sites for hydroxylation is 1. The molecule has 1 aromatic heterocycles. The highest BCUT2D eigenvalue weighted by Gasteiger charge is 2.20. The summed E-state index contributed by atoms with van der Waals surface area (Å²) in [5, 5.41) is 2.85. The van der Waals surface area contributed by atoms with E-state index in [0.717, 1.165) is 31.6 Å². The summed E-state index contributed by atoms with van der Waals surface area (Å²) < 4.78 is 10.1. The van der Waals surface area contributed by atoms with Crippen LogP contribution < -0.4 is 10.2 Å². The van der Waals surface area contributed by atoms with Crippen molar-refractivity contribution < 1.29 is 18.7 Å². The number of rotatable bonds is 4. The fraction of sp³-hybridized carbons (Fsp3) is 0.333. The van der Waals surface area contributed by atoms with E-state index in [4.69, 9.17) is 9.15 Å². The fourth-order valence-corrected chi connectivity index (χ4v) is 2.86. The minimum absolute atomic E-state index is 0.239. The number of nitrogens with one attached hydrogen (secondary N) is 1. The summed E-state index contributed by atoms with van der Waals surface area (Å²) >= 11 is 0. The fourth-order valence-electron chi connectivity index (χ4n) is 2.86. The van der Waals surface area contributed by atoms with Crippen molar-refractivity contribution in [2.75, 3.05) is 30.4 Å². The van der Waals surface area contributed by atoms with Crippen LogP contribution in [-0.4, -0.2) is 32.1 Å². The predicted octanol–water partition coefficient (Wildman–Crippen LogP) is 3.23. The van der Waals surface area contributed by atoms with E-state index < -0.39 is 5.97 Å². The van der Waals surface area contributed by atoms with Crippen molar-refractivity contribution in [1.82, 2.24) is 0 Å². The lowest BCUT2D eigenvalue weighted by Gasteiger charge is -2.22. The highest BCUT2D eigenvalue weighted by atomic mass is 16.5. The first kappa shape index (κ1) is 16.1. The Morgan fingerprint density at radius 1 is 1.17 bits per heavy atom. The van der Waals surface area contributed by atoms with Crippen LogP contribution >= 0.6 is 0 Å². The number of carbonyl (C=O) groups excluding carboxylic acids is 2. The van der Waals surface area contributed by atoms with E-state index in [9.17, 15) is 9.59 Å². The van der Waals surface area contributed by atoms with Crippen LogP contribution in [0.2, 0.25) is 0 Å². The van der Waals surface area contributed by atoms with Gasteiger partial charge in [0, 0.05) is 13.1 Å². The minimum atomic E-state index is -0.438. The molecular weight excluding hydrogens is 308 g/mol. The van der Waals surface area contributed by atoms with Gasteiger partial charge in [-0.25, -0.2) is 4.79 Å². The Labute approximate surface area is 140 Å². The first-order valence-electron chi connectivity index (χ1n) is 7.93. The van der Waals surface area contributed by atoms with E-state index in [1.165, 1.54) is 7.11 Å². The molecular formula is C18H20N2O4. The van der Waals surface area contributed by atoms with Gasteiger partial charge in [0.25, 0.3) is 5.91 Å². The first-order valence-corrected chi connectivity index (χ1v) is 7.93. The van der Waals surface area contributed by atoms with Gasteiger partial charge in [0.15, 0.2) is 5.76 Å². The van der Waals surface area contributed by atoms with Crippen molar-refractivity contribution in [2.45, 2.75) is 19.8 Å². The van der Waals surface area contributed by atoms with Crippen LogP contribution in [0.5, 0.6) is 0 Å². The Bertz CT molecular complexity index is 760. The monoisotopic (exact) mass is 328 g/mol. The number of nitrogens with zero attached hydrogens (tertiary/aromatic N) is 1. The molecule has 0 saturated carbocycles. The van der Waals surface area contributed by atoms with Crippen LogP contribution in [0.15, 0.2) is 34.7 Å². The molecule has 1 aliphatic rings. The van der Waals surface area contributed by atoms with Gasteiger partial charge in [-0.1, -0.05) is 0 Å². The Morgan fingerprint density at radius 3 is 2.54 bits per heavy atom. The quantitative estimate of drug-likeness (QED) is 0.873. The summed E-state index contributed by atoms with van der Waals surface area (Å²) in [6.07, 6.45) is 2.23. The molecule has 1 amide bonds. The van der Waals surface area contributed by atoms with E-state index in [-0.39, 0.29) is 11.7 Å². The SMILES string of the molecule is COC(=O)c1ccc(N2CCCC2)c(NC(=O)c2ccc(C)o2)c1. The van der Waals surface area contributed by atoms with Crippen molar-refractivity contribution in [3.05, 3.63) is 47.4 Å². The number of ether oxygens (including phenoxy) is 1. The molecule has 2 aromatic rings. The summed E-state index contributed by atoms with van der Waals surface area (Å²) in [5.74, 6) is 0.129. The highest BCUT2D eigenvalue weighted by Crippen LogP contribution is 2.30. The molecule has 3 rings (SSSR count). The van der Waals surface area contributed by atoms with Crippen molar-refractivity contribution in [2.24, 2.45) is 0 Å². The smallest absolute Gasteiger partial charge is 0.337 e. The number of hydrogen-bond acceptors (Lipinski definition) is 5. The van der Waals surface area contributed by atoms with Gasteiger partial charge >= 0.3 is 5.97 Å². The lowest BCUT2D eigenvalue weighted by Crippen LogP contribution is -2.21. The number of carbonyl (C=O) groups is 2. The zero-order chi connectivity index (χ0) is 17.1. The molecule has 1 fully saturated rings. The van der Waals surface area contributed by atoms with Crippen molar-refractivity contribution >= 4 is 23.3 Å². The molecule has 1 saturated heterocycles. The number of methoxy groups -OCH3 is 1. The van der Waals surface area contributed by atoms with E-state index in [0.29, 0.717) is 17.0 Å². The van der Waals surface area contributed by atoms with Crippen LogP contribution in [0.3, 0.4) is 0 Å². The molecule has 1 N–H and O–H groups in total. The van der Waals surface area contributed by atoms with Gasteiger partial charge in [0.05, 0.1) is 24.0 Å². The van der Waals surface area contributed by atoms with E-state index >= 15 is 0 Å². The molecule has 1 aliphatic heterocycles. The van der Waals surface area contributed by atoms with Crippen molar-refractivity contribution in [1.29, 1.82) is 0 Å². The van der Waals surface area contributed by atoms with Crippen LogP contribution in [0.4, 0.5) is 11.4 Å². The highest BCUT2D eigenvalue weighted by molar-refractivity contribution is 6.05. The van der Waals surface area contributed by atoms with Crippen LogP contribution in [0.1, 0.15) is 39.5 Å². The van der Waals surface area contributed by atoms with Gasteiger partial charge in [-0.05, 0) is 50.1 Å². The molecule has 0 atom stereocenters. The molecule has 0 bridgehead atoms. The Morgan fingerprint density at radius 2 is 1.92 bits per heavy atom. The van der Waals surface area contributed by atoms with E-state index in [1.807, 2.05) is 6.07 Å². The Balaban J connectivity index is 1.92. The number of benzene rings is 1. The number of esters is 1. The van der Waals surface area contributed by atoms with Crippen LogP contribution in [-0.2, 0) is 4.74 Å². The second kappa shape index (κ2) is 6.78. The molecule has 0 spiro atoms. The molecule has 0 aliphatic carbocycles. The van der Waals surface area contributed by atoms with Gasteiger partial charge in [0.1, 0.15) is 5.76 Å². The summed E-state index contributed by atoms with van der Waals surface area (Å²) in [5.41, 5.74) is 1.88. The second-order valence-corrected chi connectivity index (χ2v) is 5.78. The summed E-state index contributed by atoms with van der Waals surface area (Å²) in [6, 6.07) is 8.57. The third kappa shape index (κ3) is 3.27. The lowest BCUT2D eigenvalue weighted by molar-refractivity contribution is 0.0600. The van der Waals surface area contributed by atoms with Gasteiger partial charge in [-0.15, -0.1) is 0 Å². The summed E-state index contributed by atoms with van der Waals surface area (Å²) in [6.45, 7) is 3.64. The maximum atomic E-state index is 12.4. The zero-order valence-corrected chi connectivity index (χ0v) is 13.8. The lowest BCUT2D eigenvalue weighted by atomic mass is 10.1. The Hall–Kier alpha value is -2.76. The topological polar surface area (TPSA) is 71.8 Å². The standard InChI is InChI=1S/C18H20N2O4/c1-12-5-8-16(24-12)17(21)19-14-11-13(18(22)23-2)6-7-15(14)20-9-3-4-10-20/h5-8,11H,3-4,9-10H2,1-2H3,(H,19,21). The Kier molecular flexibility index (Phi) is 4.55. The van der Waals surface area contributed by atoms with Crippen molar-refractivity contribution in [3.63, 3.8) is 0 Å². The number of furan rings is 1. The third-order valence-electron chi connectivity index (χ3n) is 4.08. The third-order valence-corrected chi connectivity index (χ3v) is 4.08. The van der Waals surface area contributed by atoms with E-state index in [1.54, 1.807) is 31.2 Å². The molecule has 1 aromatic carbocycles. The number of anilines is 2. The average molecular weight is 328 g/mol. The van der Waals surface area contributed by atoms with E-state index in [2.05, 4.69) is 10.2 Å². The van der Waals surface area contributed by atoms with Gasteiger partial charge in [0.2, 0.25) is 0 Å². The largest absolute Gasteiger partial charge is 0.465 e. The maximum Gasteiger partial charge on any atom is 0.337 e. The molecule has 0 radical (unpaired) electrons. The minimum Gasteiger partial charge on any atom is -0.465 e. The second-order valence-electron chi connectivity index (χ2n) is 5.78. The first-order chi connectivity index (χ1) is 11.6.